The number of carbonyl (C=O) groups excluding carboxylic acids is 3. The molecule has 19 heteroatoms. The second kappa shape index (κ2) is 16.1. The molecule has 0 saturated heterocycles. The van der Waals surface area contributed by atoms with Crippen LogP contribution in [0.15, 0.2) is 72.8 Å². The van der Waals surface area contributed by atoms with E-state index in [-0.39, 0.29) is 41.1 Å². The molecular weight excluding hydrogens is 732 g/mol. The maximum absolute atomic E-state index is 12.9. The van der Waals surface area contributed by atoms with Crippen molar-refractivity contribution < 1.29 is 42.2 Å². The summed E-state index contributed by atoms with van der Waals surface area (Å²) in [6.45, 7) is -1.89. The summed E-state index contributed by atoms with van der Waals surface area (Å²) >= 11 is 12.0. The van der Waals surface area contributed by atoms with Crippen LogP contribution in [0.25, 0.3) is 0 Å². The van der Waals surface area contributed by atoms with E-state index in [0.717, 1.165) is 5.56 Å². The van der Waals surface area contributed by atoms with Crippen LogP contribution in [-0.2, 0) is 19.9 Å². The number of halogens is 5. The fourth-order valence-corrected chi connectivity index (χ4v) is 5.07. The molecule has 52 heavy (non-hydrogen) atoms. The van der Waals surface area contributed by atoms with Crippen LogP contribution in [0.4, 0.5) is 36.4 Å². The quantitative estimate of drug-likeness (QED) is 0.0914. The number of aliphatic carboxylic acids is 1. The number of alkyl halides is 3. The second-order valence-electron chi connectivity index (χ2n) is 11.4. The summed E-state index contributed by atoms with van der Waals surface area (Å²) in [5.74, 6) is -4.40. The molecule has 272 valence electrons. The van der Waals surface area contributed by atoms with Gasteiger partial charge in [0, 0.05) is 22.8 Å². The van der Waals surface area contributed by atoms with Gasteiger partial charge in [0.2, 0.25) is 11.9 Å². The summed E-state index contributed by atoms with van der Waals surface area (Å²) in [4.78, 5) is 61.3. The van der Waals surface area contributed by atoms with Crippen molar-refractivity contribution in [3.63, 3.8) is 0 Å². The Bertz CT molecular complexity index is 1950. The van der Waals surface area contributed by atoms with E-state index < -0.39 is 54.1 Å². The molecule has 0 radical (unpaired) electrons. The molecule has 0 aliphatic heterocycles. The molecule has 1 heterocycles. The topological polar surface area (TPSA) is 197 Å². The highest BCUT2D eigenvalue weighted by atomic mass is 35.5. The first-order chi connectivity index (χ1) is 24.7. The van der Waals surface area contributed by atoms with Crippen molar-refractivity contribution in [1.82, 2.24) is 25.6 Å². The van der Waals surface area contributed by atoms with Gasteiger partial charge in [-0.2, -0.15) is 28.1 Å². The maximum Gasteiger partial charge on any atom is 0.422 e. The van der Waals surface area contributed by atoms with Gasteiger partial charge >= 0.3 is 30.0 Å². The molecule has 1 fully saturated rings. The number of hydrogen-bond acceptors (Lipinski definition) is 10. The van der Waals surface area contributed by atoms with Crippen molar-refractivity contribution in [2.45, 2.75) is 37.0 Å². The highest BCUT2D eigenvalue weighted by Crippen LogP contribution is 2.48. The summed E-state index contributed by atoms with van der Waals surface area (Å²) < 4.78 is 43.5. The lowest BCUT2D eigenvalue weighted by molar-refractivity contribution is -0.154. The van der Waals surface area contributed by atoms with Gasteiger partial charge in [-0.3, -0.25) is 14.4 Å². The molecule has 1 aliphatic rings. The van der Waals surface area contributed by atoms with Gasteiger partial charge in [-0.05, 0) is 73.4 Å². The monoisotopic (exact) mass is 760 g/mol. The molecule has 14 nitrogen and oxygen atoms in total. The summed E-state index contributed by atoms with van der Waals surface area (Å²) in [6, 6.07) is 16.9. The van der Waals surface area contributed by atoms with Gasteiger partial charge in [-0.15, -0.1) is 0 Å². The van der Waals surface area contributed by atoms with Gasteiger partial charge in [0.1, 0.15) is 6.04 Å². The third kappa shape index (κ3) is 10.4. The van der Waals surface area contributed by atoms with Gasteiger partial charge in [0.15, 0.2) is 6.61 Å². The van der Waals surface area contributed by atoms with Crippen molar-refractivity contribution >= 4 is 70.2 Å². The Kier molecular flexibility index (Phi) is 11.6. The molecule has 5 rings (SSSR count). The standard InChI is InChI=1S/C33H29Cl2F3N8O6/c34-20-9-7-19(8-10-20)32(14-15-32)46-30-43-29(44-31(45-30)52-17-33(36,37)38)40-21-11-5-18(6-12-21)25(47)42-24(28(50)51)13-16-39-26(48)27(49)41-23-4-2-1-3-22(23)35/h1-12,24H,13-17H2,(H,39,48)(H,41,49)(H,42,47)(H,50,51)(H2,40,43,44,45,46)/t24-/m1/s1. The van der Waals surface area contributed by atoms with Crippen molar-refractivity contribution in [3.8, 4) is 6.01 Å². The van der Waals surface area contributed by atoms with E-state index in [4.69, 9.17) is 27.9 Å². The van der Waals surface area contributed by atoms with Crippen LogP contribution in [0, 0.1) is 0 Å². The van der Waals surface area contributed by atoms with Crippen molar-refractivity contribution in [2.24, 2.45) is 0 Å². The minimum atomic E-state index is -4.65. The largest absolute Gasteiger partial charge is 0.480 e. The molecule has 1 aliphatic carbocycles. The fourth-order valence-electron chi connectivity index (χ4n) is 4.76. The van der Waals surface area contributed by atoms with Crippen LogP contribution in [-0.4, -0.2) is 69.1 Å². The van der Waals surface area contributed by atoms with Crippen LogP contribution >= 0.6 is 23.2 Å². The number of nitrogens with zero attached hydrogens (tertiary/aromatic N) is 3. The first kappa shape index (κ1) is 37.6. The Balaban J connectivity index is 1.20. The Labute approximate surface area is 303 Å². The van der Waals surface area contributed by atoms with Crippen molar-refractivity contribution in [3.05, 3.63) is 94.0 Å². The molecular formula is C33H29Cl2F3N8O6. The molecule has 3 aromatic carbocycles. The highest BCUT2D eigenvalue weighted by molar-refractivity contribution is 6.41. The Morgan fingerprint density at radius 2 is 1.56 bits per heavy atom. The average Bonchev–Trinajstić information content (AvgIpc) is 3.88. The number of anilines is 4. The Morgan fingerprint density at radius 3 is 2.19 bits per heavy atom. The molecule has 1 aromatic heterocycles. The van der Waals surface area contributed by atoms with Crippen LogP contribution in [0.3, 0.4) is 0 Å². The first-order valence-electron chi connectivity index (χ1n) is 15.4. The predicted octanol–water partition coefficient (Wildman–Crippen LogP) is 5.29. The summed E-state index contributed by atoms with van der Waals surface area (Å²) in [6.07, 6.45) is -3.50. The minimum absolute atomic E-state index is 0.0461. The summed E-state index contributed by atoms with van der Waals surface area (Å²) in [5.41, 5.74) is 0.913. The normalized spacial score (nSPS) is 13.6. The zero-order valence-corrected chi connectivity index (χ0v) is 28.3. The van der Waals surface area contributed by atoms with E-state index in [0.29, 0.717) is 23.6 Å². The highest BCUT2D eigenvalue weighted by Gasteiger charge is 2.45. The zero-order chi connectivity index (χ0) is 37.5. The third-order valence-electron chi connectivity index (χ3n) is 7.53. The number of aromatic nitrogens is 3. The van der Waals surface area contributed by atoms with E-state index >= 15 is 0 Å². The van der Waals surface area contributed by atoms with Crippen molar-refractivity contribution in [1.29, 1.82) is 0 Å². The molecule has 3 amide bonds. The third-order valence-corrected chi connectivity index (χ3v) is 8.11. The molecule has 6 N–H and O–H groups in total. The Morgan fingerprint density at radius 1 is 0.885 bits per heavy atom. The number of carboxylic acid groups (broad SMARTS) is 1. The number of benzene rings is 3. The van der Waals surface area contributed by atoms with Gasteiger partial charge < -0.3 is 36.4 Å². The number of rotatable bonds is 14. The maximum atomic E-state index is 12.9. The predicted molar refractivity (Wildman–Crippen MR) is 184 cm³/mol. The smallest absolute Gasteiger partial charge is 0.422 e. The number of carboxylic acids is 1. The van der Waals surface area contributed by atoms with Gasteiger partial charge in [0.05, 0.1) is 16.2 Å². The lowest BCUT2D eigenvalue weighted by atomic mass is 10.1. The number of hydrogen-bond donors (Lipinski definition) is 6. The second-order valence-corrected chi connectivity index (χ2v) is 12.3. The minimum Gasteiger partial charge on any atom is -0.480 e. The molecule has 1 atom stereocenters. The molecule has 1 saturated carbocycles. The van der Waals surface area contributed by atoms with Gasteiger partial charge in [-0.1, -0.05) is 47.5 Å². The summed E-state index contributed by atoms with van der Waals surface area (Å²) in [5, 5.41) is 23.4. The zero-order valence-electron chi connectivity index (χ0n) is 26.8. The molecule has 0 unspecified atom stereocenters. The van der Waals surface area contributed by atoms with Gasteiger partial charge in [0.25, 0.3) is 5.91 Å². The molecule has 4 aromatic rings. The molecule has 0 spiro atoms. The Hall–Kier alpha value is -5.68. The molecule has 0 bridgehead atoms. The average molecular weight is 762 g/mol. The number of amides is 3. The van der Waals surface area contributed by atoms with E-state index in [1.54, 1.807) is 24.3 Å². The SMILES string of the molecule is O=C(NCC[C@@H](NC(=O)c1ccc(Nc2nc(NC3(c4ccc(Cl)cc4)CC3)nc(OCC(F)(F)F)n2)cc1)C(=O)O)C(=O)Nc1ccccc1Cl. The first-order valence-corrected chi connectivity index (χ1v) is 16.2. The lowest BCUT2D eigenvalue weighted by Crippen LogP contribution is -2.44. The number of para-hydroxylation sites is 1. The number of ether oxygens (including phenoxy) is 1. The van der Waals surface area contributed by atoms with Gasteiger partial charge in [-0.25, -0.2) is 4.79 Å². The van der Waals surface area contributed by atoms with Crippen LogP contribution in [0.2, 0.25) is 10.0 Å². The van der Waals surface area contributed by atoms with Crippen LogP contribution in [0.1, 0.15) is 35.2 Å². The fraction of sp³-hybridized carbons (Fsp3) is 0.242. The number of carbonyl (C=O) groups is 4. The van der Waals surface area contributed by atoms with E-state index in [2.05, 4.69) is 41.5 Å². The summed E-state index contributed by atoms with van der Waals surface area (Å²) in [7, 11) is 0. The van der Waals surface area contributed by atoms with Crippen LogP contribution < -0.4 is 31.3 Å². The van der Waals surface area contributed by atoms with E-state index in [1.807, 2.05) is 12.1 Å². The van der Waals surface area contributed by atoms with E-state index in [1.165, 1.54) is 36.4 Å². The van der Waals surface area contributed by atoms with E-state index in [9.17, 15) is 37.5 Å². The lowest BCUT2D eigenvalue weighted by Gasteiger charge is -2.19. The van der Waals surface area contributed by atoms with Crippen LogP contribution in [0.5, 0.6) is 6.01 Å². The van der Waals surface area contributed by atoms with Crippen molar-refractivity contribution in [2.75, 3.05) is 29.1 Å². The number of nitrogens with one attached hydrogen (secondary N) is 5.